The van der Waals surface area contributed by atoms with Gasteiger partial charge in [0.15, 0.2) is 0 Å². The third-order valence-corrected chi connectivity index (χ3v) is 3.36. The average molecular weight is 285 g/mol. The number of carbonyl (C=O) groups excluding carboxylic acids is 1. The van der Waals surface area contributed by atoms with Crippen LogP contribution in [0.2, 0.25) is 0 Å². The molecule has 0 bridgehead atoms. The van der Waals surface area contributed by atoms with Crippen LogP contribution in [0.4, 0.5) is 0 Å². The maximum Gasteiger partial charge on any atom is 0.245 e. The quantitative estimate of drug-likeness (QED) is 0.483. The summed E-state index contributed by atoms with van der Waals surface area (Å²) in [5.74, 6) is 0.868. The number of amides is 1. The van der Waals surface area contributed by atoms with Crippen LogP contribution in [0.1, 0.15) is 78.6 Å². The Balaban J connectivity index is 3.11. The van der Waals surface area contributed by atoms with Crippen LogP contribution in [0, 0.1) is 5.92 Å². The van der Waals surface area contributed by atoms with E-state index in [1.165, 1.54) is 44.9 Å². The lowest BCUT2D eigenvalue weighted by Gasteiger charge is -2.06. The topological polar surface area (TPSA) is 38.3 Å². The molecule has 0 aliphatic heterocycles. The van der Waals surface area contributed by atoms with Crippen molar-refractivity contribution in [3.63, 3.8) is 0 Å². The SMILES string of the molecule is CCCOCC(=O)NCCCCCCCCCC(C)C. The van der Waals surface area contributed by atoms with E-state index in [-0.39, 0.29) is 12.5 Å². The average Bonchev–Trinajstić information content (AvgIpc) is 2.41. The Morgan fingerprint density at radius 2 is 1.60 bits per heavy atom. The normalized spacial score (nSPS) is 11.0. The maximum atomic E-state index is 11.3. The first-order valence-corrected chi connectivity index (χ1v) is 8.51. The van der Waals surface area contributed by atoms with E-state index in [1.807, 2.05) is 6.92 Å². The van der Waals surface area contributed by atoms with Crippen LogP contribution in [-0.4, -0.2) is 25.7 Å². The molecule has 0 atom stereocenters. The highest BCUT2D eigenvalue weighted by molar-refractivity contribution is 5.77. The molecular formula is C17H35NO2. The Morgan fingerprint density at radius 1 is 1.00 bits per heavy atom. The van der Waals surface area contributed by atoms with Crippen LogP contribution in [0.25, 0.3) is 0 Å². The van der Waals surface area contributed by atoms with Crippen molar-refractivity contribution in [3.8, 4) is 0 Å². The van der Waals surface area contributed by atoms with E-state index in [1.54, 1.807) is 0 Å². The minimum atomic E-state index is 0.0205. The molecular weight excluding hydrogens is 250 g/mol. The molecule has 120 valence electrons. The van der Waals surface area contributed by atoms with Gasteiger partial charge in [0.1, 0.15) is 6.61 Å². The third kappa shape index (κ3) is 15.5. The zero-order chi connectivity index (χ0) is 15.1. The number of ether oxygens (including phenoxy) is 1. The van der Waals surface area contributed by atoms with Crippen molar-refractivity contribution in [1.82, 2.24) is 5.32 Å². The lowest BCUT2D eigenvalue weighted by molar-refractivity contribution is -0.125. The first kappa shape index (κ1) is 19.4. The Bertz CT molecular complexity index is 217. The fourth-order valence-corrected chi connectivity index (χ4v) is 2.15. The number of carbonyl (C=O) groups is 1. The van der Waals surface area contributed by atoms with Crippen molar-refractivity contribution in [3.05, 3.63) is 0 Å². The molecule has 0 heterocycles. The fourth-order valence-electron chi connectivity index (χ4n) is 2.15. The van der Waals surface area contributed by atoms with Crippen molar-refractivity contribution in [1.29, 1.82) is 0 Å². The van der Waals surface area contributed by atoms with Crippen molar-refractivity contribution in [2.24, 2.45) is 5.92 Å². The largest absolute Gasteiger partial charge is 0.372 e. The van der Waals surface area contributed by atoms with Crippen LogP contribution >= 0.6 is 0 Å². The minimum absolute atomic E-state index is 0.0205. The predicted octanol–water partition coefficient (Wildman–Crippen LogP) is 4.31. The zero-order valence-corrected chi connectivity index (χ0v) is 13.9. The molecule has 20 heavy (non-hydrogen) atoms. The number of hydrogen-bond donors (Lipinski definition) is 1. The van der Waals surface area contributed by atoms with Gasteiger partial charge in [-0.3, -0.25) is 4.79 Å². The van der Waals surface area contributed by atoms with E-state index in [9.17, 15) is 4.79 Å². The molecule has 0 unspecified atom stereocenters. The number of nitrogens with one attached hydrogen (secondary N) is 1. The molecule has 0 saturated carbocycles. The van der Waals surface area contributed by atoms with Crippen molar-refractivity contribution >= 4 is 5.91 Å². The minimum Gasteiger partial charge on any atom is -0.372 e. The summed E-state index contributed by atoms with van der Waals surface area (Å²) in [6.07, 6.45) is 11.4. The van der Waals surface area contributed by atoms with Crippen LogP contribution in [0.5, 0.6) is 0 Å². The van der Waals surface area contributed by atoms with Crippen LogP contribution in [0.15, 0.2) is 0 Å². The van der Waals surface area contributed by atoms with Gasteiger partial charge in [-0.1, -0.05) is 65.7 Å². The summed E-state index contributed by atoms with van der Waals surface area (Å²) in [7, 11) is 0. The van der Waals surface area contributed by atoms with Crippen LogP contribution in [0.3, 0.4) is 0 Å². The van der Waals surface area contributed by atoms with Crippen molar-refractivity contribution in [2.75, 3.05) is 19.8 Å². The van der Waals surface area contributed by atoms with Gasteiger partial charge < -0.3 is 10.1 Å². The van der Waals surface area contributed by atoms with E-state index in [4.69, 9.17) is 4.74 Å². The lowest BCUT2D eigenvalue weighted by Crippen LogP contribution is -2.28. The van der Waals surface area contributed by atoms with E-state index in [0.29, 0.717) is 6.61 Å². The predicted molar refractivity (Wildman–Crippen MR) is 85.9 cm³/mol. The van der Waals surface area contributed by atoms with E-state index in [0.717, 1.165) is 25.3 Å². The molecule has 0 aliphatic carbocycles. The molecule has 0 saturated heterocycles. The summed E-state index contributed by atoms with van der Waals surface area (Å²) in [5, 5.41) is 2.90. The first-order valence-electron chi connectivity index (χ1n) is 8.51. The lowest BCUT2D eigenvalue weighted by atomic mass is 10.0. The molecule has 0 fully saturated rings. The first-order chi connectivity index (χ1) is 9.66. The van der Waals surface area contributed by atoms with Crippen LogP contribution < -0.4 is 5.32 Å². The highest BCUT2D eigenvalue weighted by Gasteiger charge is 1.99. The molecule has 0 aromatic rings. The Morgan fingerprint density at radius 3 is 2.20 bits per heavy atom. The van der Waals surface area contributed by atoms with Gasteiger partial charge in [-0.2, -0.15) is 0 Å². The van der Waals surface area contributed by atoms with Gasteiger partial charge in [-0.05, 0) is 18.8 Å². The summed E-state index contributed by atoms with van der Waals surface area (Å²) in [6, 6.07) is 0. The molecule has 0 aromatic heterocycles. The van der Waals surface area contributed by atoms with Crippen molar-refractivity contribution < 1.29 is 9.53 Å². The molecule has 0 aromatic carbocycles. The highest BCUT2D eigenvalue weighted by atomic mass is 16.5. The van der Waals surface area contributed by atoms with Crippen LogP contribution in [-0.2, 0) is 9.53 Å². The van der Waals surface area contributed by atoms with Gasteiger partial charge in [0.25, 0.3) is 0 Å². The summed E-state index contributed by atoms with van der Waals surface area (Å²) in [6.45, 7) is 8.31. The van der Waals surface area contributed by atoms with Gasteiger partial charge in [-0.15, -0.1) is 0 Å². The fraction of sp³-hybridized carbons (Fsp3) is 0.941. The highest BCUT2D eigenvalue weighted by Crippen LogP contribution is 2.11. The second kappa shape index (κ2) is 14.8. The molecule has 0 rings (SSSR count). The summed E-state index contributed by atoms with van der Waals surface area (Å²) in [4.78, 5) is 11.3. The van der Waals surface area contributed by atoms with E-state index >= 15 is 0 Å². The Kier molecular flexibility index (Phi) is 14.4. The summed E-state index contributed by atoms with van der Waals surface area (Å²) < 4.78 is 5.18. The van der Waals surface area contributed by atoms with Gasteiger partial charge >= 0.3 is 0 Å². The van der Waals surface area contributed by atoms with Gasteiger partial charge in [0.2, 0.25) is 5.91 Å². The number of unbranched alkanes of at least 4 members (excludes halogenated alkanes) is 6. The second-order valence-electron chi connectivity index (χ2n) is 6.06. The summed E-state index contributed by atoms with van der Waals surface area (Å²) in [5.41, 5.74) is 0. The number of hydrogen-bond acceptors (Lipinski definition) is 2. The van der Waals surface area contributed by atoms with Gasteiger partial charge in [-0.25, -0.2) is 0 Å². The van der Waals surface area contributed by atoms with Crippen molar-refractivity contribution in [2.45, 2.75) is 78.6 Å². The zero-order valence-electron chi connectivity index (χ0n) is 13.9. The molecule has 0 aliphatic rings. The second-order valence-corrected chi connectivity index (χ2v) is 6.06. The Hall–Kier alpha value is -0.570. The van der Waals surface area contributed by atoms with E-state index < -0.39 is 0 Å². The molecule has 1 N–H and O–H groups in total. The molecule has 3 heteroatoms. The van der Waals surface area contributed by atoms with Gasteiger partial charge in [0.05, 0.1) is 0 Å². The number of rotatable bonds is 14. The summed E-state index contributed by atoms with van der Waals surface area (Å²) >= 11 is 0. The molecule has 1 amide bonds. The standard InChI is InChI=1S/C17H35NO2/c1-4-14-20-15-17(19)18-13-11-9-7-5-6-8-10-12-16(2)3/h16H,4-15H2,1-3H3,(H,18,19). The molecule has 0 radical (unpaired) electrons. The van der Waals surface area contributed by atoms with Gasteiger partial charge in [0, 0.05) is 13.2 Å². The van der Waals surface area contributed by atoms with E-state index in [2.05, 4.69) is 19.2 Å². The molecule has 0 spiro atoms. The molecule has 3 nitrogen and oxygen atoms in total. The third-order valence-electron chi connectivity index (χ3n) is 3.36. The Labute approximate surface area is 125 Å². The monoisotopic (exact) mass is 285 g/mol. The smallest absolute Gasteiger partial charge is 0.245 e. The maximum absolute atomic E-state index is 11.3.